The first kappa shape index (κ1) is 26.8. The van der Waals surface area contributed by atoms with Crippen molar-refractivity contribution >= 4 is 35.6 Å². The highest BCUT2D eigenvalue weighted by Gasteiger charge is 2.31. The van der Waals surface area contributed by atoms with Crippen molar-refractivity contribution in [1.29, 1.82) is 0 Å². The maximum absolute atomic E-state index is 12.5. The lowest BCUT2D eigenvalue weighted by atomic mass is 10.1. The van der Waals surface area contributed by atoms with E-state index in [4.69, 9.17) is 10.2 Å². The second-order valence-corrected chi connectivity index (χ2v) is 7.22. The molecule has 0 aromatic rings. The number of carbonyl (C=O) groups excluding carboxylic acids is 3. The Bertz CT molecular complexity index is 723. The van der Waals surface area contributed by atoms with Crippen LogP contribution >= 0.6 is 0 Å². The summed E-state index contributed by atoms with van der Waals surface area (Å²) < 4.78 is 0. The van der Waals surface area contributed by atoms with Crippen molar-refractivity contribution in [3.63, 3.8) is 0 Å². The number of hydrogen-bond donors (Lipinski definition) is 8. The maximum atomic E-state index is 12.5. The summed E-state index contributed by atoms with van der Waals surface area (Å²) in [4.78, 5) is 70.0. The molecule has 0 aliphatic carbocycles. The van der Waals surface area contributed by atoms with Crippen molar-refractivity contribution in [2.75, 3.05) is 13.2 Å². The highest BCUT2D eigenvalue weighted by Crippen LogP contribution is 2.06. The summed E-state index contributed by atoms with van der Waals surface area (Å²) in [5, 5.41) is 45.8. The number of aliphatic carboxylic acids is 3. The van der Waals surface area contributed by atoms with E-state index in [2.05, 4.69) is 21.3 Å². The lowest BCUT2D eigenvalue weighted by Crippen LogP contribution is -2.58. The molecule has 0 aromatic heterocycles. The van der Waals surface area contributed by atoms with E-state index < -0.39 is 92.1 Å². The molecular weight excluding hydrogens is 432 g/mol. The van der Waals surface area contributed by atoms with E-state index in [9.17, 15) is 39.0 Å². The molecule has 4 unspecified atom stereocenters. The predicted octanol–water partition coefficient (Wildman–Crippen LogP) is -3.00. The highest BCUT2D eigenvalue weighted by molar-refractivity contribution is 5.94. The quantitative estimate of drug-likeness (QED) is 0.130. The summed E-state index contributed by atoms with van der Waals surface area (Å²) in [7, 11) is 0. The molecule has 1 fully saturated rings. The Morgan fingerprint density at radius 3 is 1.81 bits per heavy atom. The van der Waals surface area contributed by atoms with E-state index in [1.54, 1.807) is 0 Å². The molecule has 0 radical (unpaired) electrons. The minimum Gasteiger partial charge on any atom is -0.481 e. The van der Waals surface area contributed by atoms with Crippen LogP contribution in [0.25, 0.3) is 0 Å². The summed E-state index contributed by atoms with van der Waals surface area (Å²) in [6, 6.07) is -5.04. The third-order valence-corrected chi connectivity index (χ3v) is 4.73. The molecule has 0 bridgehead atoms. The molecule has 1 aliphatic rings. The highest BCUT2D eigenvalue weighted by atomic mass is 16.4. The zero-order valence-corrected chi connectivity index (χ0v) is 17.2. The molecule has 0 aromatic carbocycles. The number of nitrogens with one attached hydrogen (secondary N) is 4. The molecule has 1 aliphatic heterocycles. The summed E-state index contributed by atoms with van der Waals surface area (Å²) in [5.41, 5.74) is 0. The maximum Gasteiger partial charge on any atom is 0.326 e. The summed E-state index contributed by atoms with van der Waals surface area (Å²) in [6.45, 7) is -0.175. The van der Waals surface area contributed by atoms with Gasteiger partial charge in [-0.3, -0.25) is 24.0 Å². The molecule has 8 N–H and O–H groups in total. The lowest BCUT2D eigenvalue weighted by molar-refractivity contribution is -0.144. The van der Waals surface area contributed by atoms with Gasteiger partial charge in [0.05, 0.1) is 12.6 Å². The van der Waals surface area contributed by atoms with E-state index >= 15 is 0 Å². The molecule has 32 heavy (non-hydrogen) atoms. The summed E-state index contributed by atoms with van der Waals surface area (Å²) in [5.74, 6) is -6.61. The Kier molecular flexibility index (Phi) is 11.1. The number of hydrogen-bond acceptors (Lipinski definition) is 8. The number of aliphatic hydroxyl groups excluding tert-OH is 1. The molecule has 14 heteroatoms. The smallest absolute Gasteiger partial charge is 0.326 e. The Hall–Kier alpha value is -3.26. The normalized spacial score (nSPS) is 18.1. The third-order valence-electron chi connectivity index (χ3n) is 4.73. The average molecular weight is 460 g/mol. The van der Waals surface area contributed by atoms with E-state index in [0.29, 0.717) is 13.0 Å². The first-order valence-corrected chi connectivity index (χ1v) is 9.96. The van der Waals surface area contributed by atoms with Crippen LogP contribution in [0.4, 0.5) is 0 Å². The van der Waals surface area contributed by atoms with Crippen LogP contribution in [0.2, 0.25) is 0 Å². The minimum absolute atomic E-state index is 0.408. The standard InChI is InChI=1S/C18H28N4O10/c23-8-12(22-15(28)9-2-1-7-19-9)17(30)20-10(3-5-13(24)25)16(29)21-11(18(31)32)4-6-14(26)27/h9-12,19,23H,1-8H2,(H,20,30)(H,21,29)(H,22,28)(H,24,25)(H,26,27)(H,31,32). The van der Waals surface area contributed by atoms with Crippen molar-refractivity contribution < 1.29 is 49.2 Å². The van der Waals surface area contributed by atoms with Crippen molar-refractivity contribution in [3.05, 3.63) is 0 Å². The first-order chi connectivity index (χ1) is 15.0. The Morgan fingerprint density at radius 1 is 0.812 bits per heavy atom. The fourth-order valence-corrected chi connectivity index (χ4v) is 2.98. The van der Waals surface area contributed by atoms with Crippen LogP contribution in [0.15, 0.2) is 0 Å². The van der Waals surface area contributed by atoms with Gasteiger partial charge in [0.25, 0.3) is 0 Å². The van der Waals surface area contributed by atoms with Gasteiger partial charge in [-0.2, -0.15) is 0 Å². The first-order valence-electron chi connectivity index (χ1n) is 9.96. The Labute approximate surface area is 182 Å². The second-order valence-electron chi connectivity index (χ2n) is 7.22. The molecule has 4 atom stereocenters. The number of carboxylic acid groups (broad SMARTS) is 3. The number of amides is 3. The Morgan fingerprint density at radius 2 is 1.34 bits per heavy atom. The van der Waals surface area contributed by atoms with E-state index in [1.165, 1.54) is 0 Å². The molecular formula is C18H28N4O10. The third kappa shape index (κ3) is 9.26. The van der Waals surface area contributed by atoms with E-state index in [0.717, 1.165) is 6.42 Å². The van der Waals surface area contributed by atoms with Crippen LogP contribution in [0.5, 0.6) is 0 Å². The van der Waals surface area contributed by atoms with Crippen molar-refractivity contribution in [2.24, 2.45) is 0 Å². The number of carbonyl (C=O) groups is 6. The van der Waals surface area contributed by atoms with Crippen LogP contribution in [0.1, 0.15) is 38.5 Å². The van der Waals surface area contributed by atoms with Gasteiger partial charge in [-0.25, -0.2) is 4.79 Å². The van der Waals surface area contributed by atoms with Gasteiger partial charge >= 0.3 is 17.9 Å². The van der Waals surface area contributed by atoms with Gasteiger partial charge in [-0.15, -0.1) is 0 Å². The second kappa shape index (κ2) is 13.2. The monoisotopic (exact) mass is 460 g/mol. The van der Waals surface area contributed by atoms with Crippen LogP contribution in [-0.4, -0.2) is 93.4 Å². The van der Waals surface area contributed by atoms with Crippen molar-refractivity contribution in [1.82, 2.24) is 21.3 Å². The molecule has 3 amide bonds. The molecule has 180 valence electrons. The fourth-order valence-electron chi connectivity index (χ4n) is 2.98. The minimum atomic E-state index is -1.58. The summed E-state index contributed by atoms with van der Waals surface area (Å²) >= 11 is 0. The number of carboxylic acids is 3. The molecule has 0 saturated carbocycles. The Balaban J connectivity index is 2.83. The number of aliphatic hydroxyl groups is 1. The summed E-state index contributed by atoms with van der Waals surface area (Å²) in [6.07, 6.45) is -0.626. The largest absolute Gasteiger partial charge is 0.481 e. The van der Waals surface area contributed by atoms with Gasteiger partial charge in [-0.05, 0) is 32.2 Å². The van der Waals surface area contributed by atoms with Crippen LogP contribution in [0.3, 0.4) is 0 Å². The number of rotatable bonds is 14. The van der Waals surface area contributed by atoms with Gasteiger partial charge in [0.2, 0.25) is 17.7 Å². The zero-order chi connectivity index (χ0) is 24.3. The van der Waals surface area contributed by atoms with Gasteiger partial charge in [0.1, 0.15) is 18.1 Å². The van der Waals surface area contributed by atoms with Gasteiger partial charge < -0.3 is 41.7 Å². The van der Waals surface area contributed by atoms with Crippen molar-refractivity contribution in [2.45, 2.75) is 62.7 Å². The van der Waals surface area contributed by atoms with Crippen LogP contribution in [0, 0.1) is 0 Å². The molecule has 14 nitrogen and oxygen atoms in total. The average Bonchev–Trinajstić information content (AvgIpc) is 3.26. The van der Waals surface area contributed by atoms with Crippen LogP contribution in [-0.2, 0) is 28.8 Å². The van der Waals surface area contributed by atoms with E-state index in [-0.39, 0.29) is 0 Å². The SMILES string of the molecule is O=C(O)CCC(NC(=O)C(CCC(=O)O)NC(=O)C(CO)NC(=O)C1CCCN1)C(=O)O. The van der Waals surface area contributed by atoms with Gasteiger partial charge in [0.15, 0.2) is 0 Å². The topological polar surface area (TPSA) is 231 Å². The molecule has 1 heterocycles. The lowest BCUT2D eigenvalue weighted by Gasteiger charge is -2.24. The fraction of sp³-hybridized carbons (Fsp3) is 0.667. The van der Waals surface area contributed by atoms with Gasteiger partial charge in [0, 0.05) is 12.8 Å². The zero-order valence-electron chi connectivity index (χ0n) is 17.2. The molecule has 1 rings (SSSR count). The van der Waals surface area contributed by atoms with Crippen LogP contribution < -0.4 is 21.3 Å². The molecule has 0 spiro atoms. The molecule has 1 saturated heterocycles. The van der Waals surface area contributed by atoms with Crippen molar-refractivity contribution in [3.8, 4) is 0 Å². The van der Waals surface area contributed by atoms with E-state index in [1.807, 2.05) is 0 Å². The van der Waals surface area contributed by atoms with Gasteiger partial charge in [-0.1, -0.05) is 0 Å². The predicted molar refractivity (Wildman–Crippen MR) is 105 cm³/mol.